The third kappa shape index (κ3) is 4.19. The number of carbonyl (C=O) groups excluding carboxylic acids is 2. The van der Waals surface area contributed by atoms with Crippen molar-refractivity contribution in [2.75, 3.05) is 32.4 Å². The molecule has 1 fully saturated rings. The summed E-state index contributed by atoms with van der Waals surface area (Å²) in [5.41, 5.74) is 1.75. The summed E-state index contributed by atoms with van der Waals surface area (Å²) in [7, 11) is -3.38. The van der Waals surface area contributed by atoms with Gasteiger partial charge in [0, 0.05) is 43.6 Å². The van der Waals surface area contributed by atoms with Gasteiger partial charge in [-0.1, -0.05) is 24.3 Å². The largest absolute Gasteiger partial charge is 0.335 e. The highest BCUT2D eigenvalue weighted by Crippen LogP contribution is 2.19. The second-order valence-corrected chi connectivity index (χ2v) is 8.72. The van der Waals surface area contributed by atoms with E-state index in [2.05, 4.69) is 0 Å². The second kappa shape index (κ2) is 7.52. The molecule has 0 atom stereocenters. The average molecular weight is 386 g/mol. The predicted octanol–water partition coefficient (Wildman–Crippen LogP) is 2.00. The normalized spacial score (nSPS) is 14.9. The summed E-state index contributed by atoms with van der Waals surface area (Å²) in [5.74, 6) is -0.247. The van der Waals surface area contributed by atoms with E-state index < -0.39 is 9.84 Å². The van der Waals surface area contributed by atoms with Crippen molar-refractivity contribution in [2.24, 2.45) is 0 Å². The Kier molecular flexibility index (Phi) is 5.32. The van der Waals surface area contributed by atoms with Gasteiger partial charge in [0.15, 0.2) is 9.84 Å². The van der Waals surface area contributed by atoms with Gasteiger partial charge in [-0.05, 0) is 36.8 Å². The van der Waals surface area contributed by atoms with E-state index in [0.29, 0.717) is 37.3 Å². The summed E-state index contributed by atoms with van der Waals surface area (Å²) in [6, 6.07) is 13.7. The maximum absolute atomic E-state index is 12.9. The molecule has 0 aliphatic carbocycles. The maximum Gasteiger partial charge on any atom is 0.254 e. The van der Waals surface area contributed by atoms with Crippen molar-refractivity contribution in [3.63, 3.8) is 0 Å². The Morgan fingerprint density at radius 3 is 1.96 bits per heavy atom. The number of aryl methyl sites for hydroxylation is 1. The Bertz CT molecular complexity index is 963. The van der Waals surface area contributed by atoms with Gasteiger partial charge in [-0.3, -0.25) is 9.59 Å². The molecule has 7 heteroatoms. The molecule has 0 radical (unpaired) electrons. The Balaban J connectivity index is 1.71. The number of hydrogen-bond donors (Lipinski definition) is 0. The number of benzene rings is 2. The number of amides is 2. The topological polar surface area (TPSA) is 74.8 Å². The lowest BCUT2D eigenvalue weighted by molar-refractivity contribution is 0.0535. The van der Waals surface area contributed by atoms with Crippen LogP contribution in [0.5, 0.6) is 0 Å². The van der Waals surface area contributed by atoms with Crippen LogP contribution in [-0.4, -0.2) is 62.5 Å². The summed E-state index contributed by atoms with van der Waals surface area (Å²) in [4.78, 5) is 28.9. The van der Waals surface area contributed by atoms with Gasteiger partial charge in [0.25, 0.3) is 11.8 Å². The molecule has 0 saturated carbocycles. The molecule has 27 heavy (non-hydrogen) atoms. The zero-order valence-electron chi connectivity index (χ0n) is 15.4. The molecule has 2 aromatic rings. The van der Waals surface area contributed by atoms with Crippen LogP contribution in [0.2, 0.25) is 0 Å². The fraction of sp³-hybridized carbons (Fsp3) is 0.300. The number of carbonyl (C=O) groups is 2. The van der Waals surface area contributed by atoms with Crippen molar-refractivity contribution in [3.05, 3.63) is 65.2 Å². The molecule has 142 valence electrons. The molecule has 1 heterocycles. The van der Waals surface area contributed by atoms with Crippen LogP contribution in [-0.2, 0) is 9.84 Å². The monoisotopic (exact) mass is 386 g/mol. The van der Waals surface area contributed by atoms with E-state index in [-0.39, 0.29) is 16.7 Å². The van der Waals surface area contributed by atoms with Crippen LogP contribution < -0.4 is 0 Å². The Hall–Kier alpha value is -2.67. The van der Waals surface area contributed by atoms with Gasteiger partial charge in [-0.25, -0.2) is 8.42 Å². The first kappa shape index (κ1) is 19.1. The molecule has 6 nitrogen and oxygen atoms in total. The lowest BCUT2D eigenvalue weighted by Gasteiger charge is -2.35. The standard InChI is InChI=1S/C20H22N2O4S/c1-15-8-9-17(27(2,25)26)14-18(15)20(24)22-12-10-21(11-13-22)19(23)16-6-4-3-5-7-16/h3-9,14H,10-13H2,1-2H3. The fourth-order valence-corrected chi connectivity index (χ4v) is 3.76. The van der Waals surface area contributed by atoms with E-state index >= 15 is 0 Å². The van der Waals surface area contributed by atoms with Crippen LogP contribution in [0.1, 0.15) is 26.3 Å². The third-order valence-electron chi connectivity index (χ3n) is 4.74. The van der Waals surface area contributed by atoms with Gasteiger partial charge < -0.3 is 9.80 Å². The lowest BCUT2D eigenvalue weighted by Crippen LogP contribution is -2.50. The van der Waals surface area contributed by atoms with Gasteiger partial charge in [0.2, 0.25) is 0 Å². The Morgan fingerprint density at radius 1 is 0.852 bits per heavy atom. The number of nitrogens with zero attached hydrogens (tertiary/aromatic N) is 2. The Morgan fingerprint density at radius 2 is 1.41 bits per heavy atom. The summed E-state index contributed by atoms with van der Waals surface area (Å²) >= 11 is 0. The summed E-state index contributed by atoms with van der Waals surface area (Å²) in [5, 5.41) is 0. The molecule has 1 aliphatic heterocycles. The molecule has 1 saturated heterocycles. The molecular weight excluding hydrogens is 364 g/mol. The number of hydrogen-bond acceptors (Lipinski definition) is 4. The first-order valence-electron chi connectivity index (χ1n) is 8.71. The number of piperazine rings is 1. The second-order valence-electron chi connectivity index (χ2n) is 6.70. The first-order chi connectivity index (χ1) is 12.8. The van der Waals surface area contributed by atoms with Crippen molar-refractivity contribution in [3.8, 4) is 0 Å². The van der Waals surface area contributed by atoms with Gasteiger partial charge in [-0.2, -0.15) is 0 Å². The van der Waals surface area contributed by atoms with Crippen molar-refractivity contribution in [1.29, 1.82) is 0 Å². The molecular formula is C20H22N2O4S. The highest BCUT2D eigenvalue weighted by molar-refractivity contribution is 7.90. The molecule has 2 amide bonds. The molecule has 0 unspecified atom stereocenters. The molecule has 0 bridgehead atoms. The van der Waals surface area contributed by atoms with Crippen molar-refractivity contribution < 1.29 is 18.0 Å². The van der Waals surface area contributed by atoms with Crippen molar-refractivity contribution in [1.82, 2.24) is 9.80 Å². The Labute approximate surface area is 159 Å². The highest BCUT2D eigenvalue weighted by atomic mass is 32.2. The van der Waals surface area contributed by atoms with Crippen molar-refractivity contribution >= 4 is 21.7 Å². The van der Waals surface area contributed by atoms with E-state index in [4.69, 9.17) is 0 Å². The average Bonchev–Trinajstić information content (AvgIpc) is 2.67. The van der Waals surface area contributed by atoms with Crippen LogP contribution in [0.4, 0.5) is 0 Å². The van der Waals surface area contributed by atoms with Crippen LogP contribution in [0.3, 0.4) is 0 Å². The SMILES string of the molecule is Cc1ccc(S(C)(=O)=O)cc1C(=O)N1CCN(C(=O)c2ccccc2)CC1. The van der Waals surface area contributed by atoms with Gasteiger partial charge in [-0.15, -0.1) is 0 Å². The number of sulfone groups is 1. The van der Waals surface area contributed by atoms with E-state index in [1.807, 2.05) is 18.2 Å². The molecule has 2 aromatic carbocycles. The van der Waals surface area contributed by atoms with Gasteiger partial charge in [0.05, 0.1) is 4.90 Å². The zero-order chi connectivity index (χ0) is 19.6. The minimum atomic E-state index is -3.38. The zero-order valence-corrected chi connectivity index (χ0v) is 16.2. The lowest BCUT2D eigenvalue weighted by atomic mass is 10.1. The quantitative estimate of drug-likeness (QED) is 0.809. The van der Waals surface area contributed by atoms with Crippen LogP contribution in [0, 0.1) is 6.92 Å². The molecule has 3 rings (SSSR count). The molecule has 0 spiro atoms. The predicted molar refractivity (Wildman–Crippen MR) is 103 cm³/mol. The van der Waals surface area contributed by atoms with Crippen molar-refractivity contribution in [2.45, 2.75) is 11.8 Å². The van der Waals surface area contributed by atoms with Crippen LogP contribution in [0.25, 0.3) is 0 Å². The van der Waals surface area contributed by atoms with Gasteiger partial charge >= 0.3 is 0 Å². The van der Waals surface area contributed by atoms with E-state index in [0.717, 1.165) is 11.8 Å². The van der Waals surface area contributed by atoms with Gasteiger partial charge in [0.1, 0.15) is 0 Å². The summed E-state index contributed by atoms with van der Waals surface area (Å²) in [6.07, 6.45) is 1.12. The molecule has 0 aromatic heterocycles. The highest BCUT2D eigenvalue weighted by Gasteiger charge is 2.26. The van der Waals surface area contributed by atoms with Crippen LogP contribution in [0.15, 0.2) is 53.4 Å². The maximum atomic E-state index is 12.9. The number of rotatable bonds is 3. The van der Waals surface area contributed by atoms with E-state index in [1.165, 1.54) is 12.1 Å². The van der Waals surface area contributed by atoms with E-state index in [9.17, 15) is 18.0 Å². The third-order valence-corrected chi connectivity index (χ3v) is 5.85. The minimum Gasteiger partial charge on any atom is -0.335 e. The molecule has 1 aliphatic rings. The summed E-state index contributed by atoms with van der Waals surface area (Å²) in [6.45, 7) is 3.52. The molecule has 0 N–H and O–H groups in total. The fourth-order valence-electron chi connectivity index (χ4n) is 3.11. The van der Waals surface area contributed by atoms with Crippen LogP contribution >= 0.6 is 0 Å². The van der Waals surface area contributed by atoms with E-state index in [1.54, 1.807) is 34.9 Å². The smallest absolute Gasteiger partial charge is 0.254 e. The first-order valence-corrected chi connectivity index (χ1v) is 10.6. The minimum absolute atomic E-state index is 0.0436. The summed E-state index contributed by atoms with van der Waals surface area (Å²) < 4.78 is 23.6.